The zero-order chi connectivity index (χ0) is 15.9. The fraction of sp³-hybridized carbons (Fsp3) is 0.308. The monoisotopic (exact) mass is 412 g/mol. The van der Waals surface area contributed by atoms with Crippen molar-refractivity contribution in [2.45, 2.75) is 17.9 Å². The molecule has 0 saturated carbocycles. The summed E-state index contributed by atoms with van der Waals surface area (Å²) < 4.78 is -0.241. The van der Waals surface area contributed by atoms with Gasteiger partial charge in [-0.25, -0.2) is 9.97 Å². The van der Waals surface area contributed by atoms with Crippen molar-refractivity contribution in [1.82, 2.24) is 25.2 Å². The number of aryl methyl sites for hydroxylation is 2. The summed E-state index contributed by atoms with van der Waals surface area (Å²) in [5, 5.41) is 12.4. The van der Waals surface area contributed by atoms with Gasteiger partial charge in [0.25, 0.3) is 5.91 Å². The van der Waals surface area contributed by atoms with Crippen molar-refractivity contribution in [1.29, 1.82) is 0 Å². The second-order valence-corrected chi connectivity index (χ2v) is 5.93. The number of rotatable bonds is 3. The van der Waals surface area contributed by atoms with Gasteiger partial charge in [0.1, 0.15) is 15.7 Å². The molecule has 1 aliphatic heterocycles. The van der Waals surface area contributed by atoms with Gasteiger partial charge in [-0.3, -0.25) is 9.63 Å². The zero-order valence-electron chi connectivity index (χ0n) is 12.2. The number of nitrogens with zero attached hydrogens (tertiary/aromatic N) is 5. The summed E-state index contributed by atoms with van der Waals surface area (Å²) in [7, 11) is 1.45. The van der Waals surface area contributed by atoms with Crippen molar-refractivity contribution in [3.63, 3.8) is 0 Å². The molecule has 2 aromatic rings. The van der Waals surface area contributed by atoms with E-state index < -0.39 is 0 Å². The number of alkyl halides is 1. The number of fused-ring (bicyclic) bond motifs is 1. The fourth-order valence-corrected chi connectivity index (χ4v) is 3.19. The number of amides is 1. The molecule has 0 aliphatic carbocycles. The number of nitrogens with one attached hydrogen (secondary N) is 1. The van der Waals surface area contributed by atoms with Gasteiger partial charge in [0.15, 0.2) is 11.5 Å². The normalized spacial score (nSPS) is 16.8. The molecular formula is C13H13IN6O2. The van der Waals surface area contributed by atoms with Crippen molar-refractivity contribution < 1.29 is 9.63 Å². The first-order chi connectivity index (χ1) is 10.5. The van der Waals surface area contributed by atoms with Gasteiger partial charge in [0.2, 0.25) is 0 Å². The number of hydrogen-bond donors (Lipinski definition) is 1. The van der Waals surface area contributed by atoms with Gasteiger partial charge in [-0.1, -0.05) is 22.6 Å². The number of aromatic nitrogens is 4. The van der Waals surface area contributed by atoms with Crippen LogP contribution in [0.15, 0.2) is 12.1 Å². The zero-order valence-corrected chi connectivity index (χ0v) is 14.3. The SMILES string of the molecule is CON1C(=O)c2nnc(Nc3cc(C)nc(C)n3)cc2C1I. The molecule has 114 valence electrons. The lowest BCUT2D eigenvalue weighted by Gasteiger charge is -2.16. The van der Waals surface area contributed by atoms with Gasteiger partial charge in [0, 0.05) is 17.3 Å². The predicted molar refractivity (Wildman–Crippen MR) is 86.8 cm³/mol. The third-order valence-electron chi connectivity index (χ3n) is 3.11. The van der Waals surface area contributed by atoms with Crippen LogP contribution in [0.1, 0.15) is 31.6 Å². The third kappa shape index (κ3) is 2.61. The smallest absolute Gasteiger partial charge is 0.299 e. The molecule has 1 unspecified atom stereocenters. The van der Waals surface area contributed by atoms with Gasteiger partial charge in [0.05, 0.1) is 7.11 Å². The highest BCUT2D eigenvalue weighted by Gasteiger charge is 2.38. The second-order valence-electron chi connectivity index (χ2n) is 4.75. The minimum Gasteiger partial charge on any atom is -0.323 e. The molecule has 1 atom stereocenters. The van der Waals surface area contributed by atoms with E-state index in [1.807, 2.05) is 19.9 Å². The standard InChI is InChI=1S/C13H13IN6O2/c1-6-4-9(16-7(2)15-6)17-10-5-8-11(19-18-10)13(21)20(22-3)12(8)14/h4-5,12H,1-3H3,(H,15,16,17,18). The fourth-order valence-electron chi connectivity index (χ4n) is 2.24. The van der Waals surface area contributed by atoms with Crippen LogP contribution in [0.5, 0.6) is 0 Å². The summed E-state index contributed by atoms with van der Waals surface area (Å²) >= 11 is 2.12. The molecule has 1 N–H and O–H groups in total. The molecule has 9 heteroatoms. The molecule has 22 heavy (non-hydrogen) atoms. The number of carbonyl (C=O) groups is 1. The highest BCUT2D eigenvalue weighted by Crippen LogP contribution is 2.38. The number of halogens is 1. The Morgan fingerprint density at radius 1 is 1.23 bits per heavy atom. The Balaban J connectivity index is 1.92. The Kier molecular flexibility index (Phi) is 3.91. The van der Waals surface area contributed by atoms with Crippen LogP contribution in [0, 0.1) is 13.8 Å². The van der Waals surface area contributed by atoms with Gasteiger partial charge in [-0.15, -0.1) is 10.2 Å². The van der Waals surface area contributed by atoms with Crippen LogP contribution in [0.4, 0.5) is 11.6 Å². The number of hydrogen-bond acceptors (Lipinski definition) is 7. The molecule has 0 radical (unpaired) electrons. The Bertz CT molecular complexity index is 733. The van der Waals surface area contributed by atoms with Crippen molar-refractivity contribution in [2.24, 2.45) is 0 Å². The van der Waals surface area contributed by atoms with E-state index in [9.17, 15) is 4.79 Å². The molecule has 0 bridgehead atoms. The van der Waals surface area contributed by atoms with Crippen LogP contribution < -0.4 is 5.32 Å². The maximum atomic E-state index is 12.0. The molecule has 0 fully saturated rings. The van der Waals surface area contributed by atoms with Crippen LogP contribution in [0.25, 0.3) is 0 Å². The van der Waals surface area contributed by atoms with Crippen LogP contribution in [0.2, 0.25) is 0 Å². The van der Waals surface area contributed by atoms with Gasteiger partial charge >= 0.3 is 0 Å². The number of carbonyl (C=O) groups excluding carboxylic acids is 1. The third-order valence-corrected chi connectivity index (χ3v) is 4.28. The van der Waals surface area contributed by atoms with E-state index in [2.05, 4.69) is 48.1 Å². The molecule has 1 aliphatic rings. The summed E-state index contributed by atoms with van der Waals surface area (Å²) in [6.45, 7) is 3.72. The first kappa shape index (κ1) is 15.0. The maximum absolute atomic E-state index is 12.0. The average Bonchev–Trinajstić information content (AvgIpc) is 2.69. The summed E-state index contributed by atoms with van der Waals surface area (Å²) in [5.74, 6) is 1.54. The molecule has 1 amide bonds. The van der Waals surface area contributed by atoms with E-state index in [0.29, 0.717) is 23.2 Å². The first-order valence-electron chi connectivity index (χ1n) is 6.48. The van der Waals surface area contributed by atoms with Gasteiger partial charge in [-0.05, 0) is 19.9 Å². The molecule has 0 saturated heterocycles. The van der Waals surface area contributed by atoms with E-state index >= 15 is 0 Å². The van der Waals surface area contributed by atoms with Crippen LogP contribution in [0.3, 0.4) is 0 Å². The molecule has 3 rings (SSSR count). The Labute approximate surface area is 140 Å². The highest BCUT2D eigenvalue weighted by atomic mass is 127. The van der Waals surface area contributed by atoms with Gasteiger partial charge in [-0.2, -0.15) is 5.06 Å². The van der Waals surface area contributed by atoms with Crippen molar-refractivity contribution in [2.75, 3.05) is 12.4 Å². The van der Waals surface area contributed by atoms with Crippen molar-refractivity contribution in [3.05, 3.63) is 34.9 Å². The Morgan fingerprint density at radius 3 is 2.68 bits per heavy atom. The first-order valence-corrected chi connectivity index (χ1v) is 7.73. The Hall–Kier alpha value is -1.88. The van der Waals surface area contributed by atoms with E-state index in [4.69, 9.17) is 4.84 Å². The summed E-state index contributed by atoms with van der Waals surface area (Å²) in [6, 6.07) is 3.60. The van der Waals surface area contributed by atoms with E-state index in [1.165, 1.54) is 12.2 Å². The van der Waals surface area contributed by atoms with E-state index in [0.717, 1.165) is 11.3 Å². The van der Waals surface area contributed by atoms with E-state index in [1.54, 1.807) is 6.07 Å². The van der Waals surface area contributed by atoms with E-state index in [-0.39, 0.29) is 9.96 Å². The summed E-state index contributed by atoms with van der Waals surface area (Å²) in [6.07, 6.45) is 0. The van der Waals surface area contributed by atoms with Gasteiger partial charge < -0.3 is 5.32 Å². The molecule has 0 aromatic carbocycles. The molecule has 0 spiro atoms. The lowest BCUT2D eigenvalue weighted by molar-refractivity contribution is -0.0945. The lowest BCUT2D eigenvalue weighted by Crippen LogP contribution is -2.24. The van der Waals surface area contributed by atoms with Crippen molar-refractivity contribution >= 4 is 40.1 Å². The topological polar surface area (TPSA) is 93.1 Å². The van der Waals surface area contributed by atoms with Crippen molar-refractivity contribution in [3.8, 4) is 0 Å². The molecule has 8 nitrogen and oxygen atoms in total. The van der Waals surface area contributed by atoms with Crippen LogP contribution >= 0.6 is 22.6 Å². The molecular weight excluding hydrogens is 399 g/mol. The lowest BCUT2D eigenvalue weighted by atomic mass is 10.2. The Morgan fingerprint density at radius 2 is 2.00 bits per heavy atom. The molecule has 3 heterocycles. The van der Waals surface area contributed by atoms with Crippen LogP contribution in [-0.2, 0) is 4.84 Å². The number of hydroxylamine groups is 2. The number of anilines is 2. The minimum absolute atomic E-state index is 0.241. The summed E-state index contributed by atoms with van der Waals surface area (Å²) in [5.41, 5.74) is 1.92. The predicted octanol–water partition coefficient (Wildman–Crippen LogP) is 2.08. The average molecular weight is 412 g/mol. The molecule has 2 aromatic heterocycles. The maximum Gasteiger partial charge on any atom is 0.299 e. The minimum atomic E-state index is -0.287. The van der Waals surface area contributed by atoms with Crippen LogP contribution in [-0.4, -0.2) is 38.2 Å². The highest BCUT2D eigenvalue weighted by molar-refractivity contribution is 14.1. The largest absolute Gasteiger partial charge is 0.323 e. The second kappa shape index (κ2) is 5.72. The summed E-state index contributed by atoms with van der Waals surface area (Å²) in [4.78, 5) is 25.6. The quantitative estimate of drug-likeness (QED) is 0.469.